The Kier molecular flexibility index (Phi) is 4.44. The number of carbonyl (C=O) groups excluding carboxylic acids is 2. The van der Waals surface area contributed by atoms with Crippen molar-refractivity contribution in [2.24, 2.45) is 5.73 Å². The molecule has 2 N–H and O–H groups in total. The van der Waals surface area contributed by atoms with Crippen LogP contribution in [0.4, 0.5) is 0 Å². The van der Waals surface area contributed by atoms with E-state index in [9.17, 15) is 9.59 Å². The normalized spacial score (nSPS) is 12.0. The van der Waals surface area contributed by atoms with Crippen LogP contribution in [0.15, 0.2) is 24.4 Å². The van der Waals surface area contributed by atoms with Crippen molar-refractivity contribution < 1.29 is 14.3 Å². The van der Waals surface area contributed by atoms with Crippen molar-refractivity contribution in [3.8, 4) is 5.69 Å². The smallest absolute Gasteiger partial charge is 0.359 e. The standard InChI is InChI=1S/C12H10Cl2N4O3/c1-6(11(15)19)21-12(20)9-5-16-17-18(9)10-7(13)3-2-4-8(10)14/h2-6H,1H3,(H2,15,19)/t6-/m1/s1. The highest BCUT2D eigenvalue weighted by atomic mass is 35.5. The predicted molar refractivity (Wildman–Crippen MR) is 75.5 cm³/mol. The van der Waals surface area contributed by atoms with Gasteiger partial charge in [0.2, 0.25) is 0 Å². The minimum absolute atomic E-state index is 0.0295. The van der Waals surface area contributed by atoms with E-state index in [4.69, 9.17) is 33.7 Å². The number of nitrogens with two attached hydrogens (primary N) is 1. The largest absolute Gasteiger partial charge is 0.448 e. The maximum Gasteiger partial charge on any atom is 0.359 e. The van der Waals surface area contributed by atoms with Gasteiger partial charge in [0.15, 0.2) is 11.8 Å². The number of rotatable bonds is 4. The van der Waals surface area contributed by atoms with Gasteiger partial charge in [0.1, 0.15) is 5.69 Å². The van der Waals surface area contributed by atoms with E-state index in [1.54, 1.807) is 18.2 Å². The van der Waals surface area contributed by atoms with Crippen molar-refractivity contribution in [3.05, 3.63) is 40.1 Å². The van der Waals surface area contributed by atoms with Crippen LogP contribution in [-0.4, -0.2) is 33.0 Å². The first-order valence-corrected chi connectivity index (χ1v) is 6.52. The minimum atomic E-state index is -1.08. The molecule has 2 aromatic rings. The molecule has 1 aromatic heterocycles. The third-order valence-corrected chi connectivity index (χ3v) is 3.20. The number of carbonyl (C=O) groups is 2. The summed E-state index contributed by atoms with van der Waals surface area (Å²) in [7, 11) is 0. The Bertz CT molecular complexity index is 681. The van der Waals surface area contributed by atoms with Gasteiger partial charge < -0.3 is 10.5 Å². The average molecular weight is 329 g/mol. The Hall–Kier alpha value is -2.12. The van der Waals surface area contributed by atoms with Crippen LogP contribution in [0, 0.1) is 0 Å². The molecule has 1 amide bonds. The zero-order valence-corrected chi connectivity index (χ0v) is 12.3. The summed E-state index contributed by atoms with van der Waals surface area (Å²) < 4.78 is 6.04. The summed E-state index contributed by atoms with van der Waals surface area (Å²) in [6.45, 7) is 1.36. The van der Waals surface area contributed by atoms with Gasteiger partial charge in [-0.3, -0.25) is 4.79 Å². The molecule has 0 fully saturated rings. The van der Waals surface area contributed by atoms with Crippen molar-refractivity contribution >= 4 is 35.1 Å². The number of esters is 1. The van der Waals surface area contributed by atoms with E-state index in [1.165, 1.54) is 13.1 Å². The van der Waals surface area contributed by atoms with Crippen LogP contribution in [0.5, 0.6) is 0 Å². The fourth-order valence-electron chi connectivity index (χ4n) is 1.51. The van der Waals surface area contributed by atoms with Crippen molar-refractivity contribution in [2.45, 2.75) is 13.0 Å². The summed E-state index contributed by atoms with van der Waals surface area (Å²) in [4.78, 5) is 23.0. The fraction of sp³-hybridized carbons (Fsp3) is 0.167. The summed E-state index contributed by atoms with van der Waals surface area (Å²) in [6, 6.07) is 4.83. The molecule has 2 rings (SSSR count). The minimum Gasteiger partial charge on any atom is -0.448 e. The van der Waals surface area contributed by atoms with Gasteiger partial charge in [-0.2, -0.15) is 0 Å². The molecule has 0 radical (unpaired) electrons. The number of primary amides is 1. The van der Waals surface area contributed by atoms with Crippen LogP contribution < -0.4 is 5.73 Å². The van der Waals surface area contributed by atoms with Gasteiger partial charge >= 0.3 is 5.97 Å². The Morgan fingerprint density at radius 1 is 1.33 bits per heavy atom. The Balaban J connectivity index is 2.39. The second kappa shape index (κ2) is 6.11. The first-order valence-electron chi connectivity index (χ1n) is 5.77. The first-order chi connectivity index (χ1) is 9.91. The number of ether oxygens (including phenoxy) is 1. The van der Waals surface area contributed by atoms with Gasteiger partial charge in [0.25, 0.3) is 5.91 Å². The molecule has 7 nitrogen and oxygen atoms in total. The molecule has 110 valence electrons. The molecule has 0 bridgehead atoms. The number of amides is 1. The van der Waals surface area contributed by atoms with Gasteiger partial charge in [-0.05, 0) is 19.1 Å². The van der Waals surface area contributed by atoms with Crippen LogP contribution >= 0.6 is 23.2 Å². The predicted octanol–water partition coefficient (Wildman–Crippen LogP) is 1.60. The van der Waals surface area contributed by atoms with Crippen LogP contribution in [0.1, 0.15) is 17.4 Å². The third kappa shape index (κ3) is 3.14. The molecule has 1 aromatic carbocycles. The topological polar surface area (TPSA) is 100 Å². The first kappa shape index (κ1) is 15.3. The Morgan fingerprint density at radius 2 is 1.95 bits per heavy atom. The molecule has 1 heterocycles. The summed E-state index contributed by atoms with van der Waals surface area (Å²) in [5, 5.41) is 7.96. The molecular weight excluding hydrogens is 319 g/mol. The number of aromatic nitrogens is 3. The number of hydrogen-bond acceptors (Lipinski definition) is 5. The Labute approximate surface area is 129 Å². The maximum absolute atomic E-state index is 12.0. The molecule has 0 aliphatic carbocycles. The van der Waals surface area contributed by atoms with Crippen LogP contribution in [0.25, 0.3) is 5.69 Å². The van der Waals surface area contributed by atoms with Gasteiger partial charge in [-0.1, -0.05) is 34.5 Å². The lowest BCUT2D eigenvalue weighted by atomic mass is 10.3. The average Bonchev–Trinajstić information content (AvgIpc) is 2.87. The van der Waals surface area contributed by atoms with Crippen molar-refractivity contribution in [1.29, 1.82) is 0 Å². The molecule has 0 saturated heterocycles. The second-order valence-corrected chi connectivity index (χ2v) is 4.87. The van der Waals surface area contributed by atoms with Gasteiger partial charge in [-0.25, -0.2) is 9.48 Å². The highest BCUT2D eigenvalue weighted by Gasteiger charge is 2.23. The SMILES string of the molecule is C[C@@H](OC(=O)c1cnnn1-c1c(Cl)cccc1Cl)C(N)=O. The maximum atomic E-state index is 12.0. The molecule has 0 unspecified atom stereocenters. The quantitative estimate of drug-likeness (QED) is 0.859. The lowest BCUT2D eigenvalue weighted by Gasteiger charge is -2.11. The highest BCUT2D eigenvalue weighted by Crippen LogP contribution is 2.28. The number of para-hydroxylation sites is 1. The third-order valence-electron chi connectivity index (χ3n) is 2.59. The highest BCUT2D eigenvalue weighted by molar-refractivity contribution is 6.37. The van der Waals surface area contributed by atoms with Gasteiger partial charge in [0, 0.05) is 0 Å². The molecule has 0 aliphatic rings. The van der Waals surface area contributed by atoms with Gasteiger partial charge in [-0.15, -0.1) is 5.10 Å². The number of nitrogens with zero attached hydrogens (tertiary/aromatic N) is 3. The lowest BCUT2D eigenvalue weighted by Crippen LogP contribution is -2.31. The fourth-order valence-corrected chi connectivity index (χ4v) is 2.07. The summed E-state index contributed by atoms with van der Waals surface area (Å²) in [5.74, 6) is -1.58. The molecule has 21 heavy (non-hydrogen) atoms. The molecule has 9 heteroatoms. The number of hydrogen-bond donors (Lipinski definition) is 1. The van der Waals surface area contributed by atoms with E-state index in [1.807, 2.05) is 0 Å². The monoisotopic (exact) mass is 328 g/mol. The van der Waals surface area contributed by atoms with Crippen LogP contribution in [-0.2, 0) is 9.53 Å². The van der Waals surface area contributed by atoms with Crippen molar-refractivity contribution in [2.75, 3.05) is 0 Å². The van der Waals surface area contributed by atoms with E-state index in [0.29, 0.717) is 0 Å². The van der Waals surface area contributed by atoms with Crippen molar-refractivity contribution in [3.63, 3.8) is 0 Å². The molecule has 0 saturated carbocycles. The zero-order valence-electron chi connectivity index (χ0n) is 10.8. The summed E-state index contributed by atoms with van der Waals surface area (Å²) in [5.41, 5.74) is 5.30. The molecule has 0 aliphatic heterocycles. The summed E-state index contributed by atoms with van der Waals surface area (Å²) >= 11 is 12.1. The second-order valence-electron chi connectivity index (χ2n) is 4.05. The van der Waals surface area contributed by atoms with E-state index in [0.717, 1.165) is 4.68 Å². The number of halogens is 2. The molecule has 1 atom stereocenters. The number of benzene rings is 1. The molecular formula is C12H10Cl2N4O3. The van der Waals surface area contributed by atoms with E-state index < -0.39 is 18.0 Å². The Morgan fingerprint density at radius 3 is 2.52 bits per heavy atom. The van der Waals surface area contributed by atoms with E-state index in [-0.39, 0.29) is 21.4 Å². The van der Waals surface area contributed by atoms with Gasteiger partial charge in [0.05, 0.1) is 16.2 Å². The summed E-state index contributed by atoms with van der Waals surface area (Å²) in [6.07, 6.45) is 0.0953. The van der Waals surface area contributed by atoms with Crippen LogP contribution in [0.2, 0.25) is 10.0 Å². The zero-order chi connectivity index (χ0) is 15.6. The van der Waals surface area contributed by atoms with E-state index in [2.05, 4.69) is 10.3 Å². The lowest BCUT2D eigenvalue weighted by molar-refractivity contribution is -0.125. The van der Waals surface area contributed by atoms with Crippen LogP contribution in [0.3, 0.4) is 0 Å². The molecule has 0 spiro atoms. The van der Waals surface area contributed by atoms with E-state index >= 15 is 0 Å². The van der Waals surface area contributed by atoms with Crippen molar-refractivity contribution in [1.82, 2.24) is 15.0 Å².